The van der Waals surface area contributed by atoms with Gasteiger partial charge < -0.3 is 9.47 Å². The molecule has 0 atom stereocenters. The zero-order valence-electron chi connectivity index (χ0n) is 8.95. The summed E-state index contributed by atoms with van der Waals surface area (Å²) >= 11 is 0. The maximum absolute atomic E-state index is 11.0. The van der Waals surface area contributed by atoms with E-state index in [0.717, 1.165) is 6.42 Å². The number of carbonyl (C=O) groups excluding carboxylic acids is 2. The van der Waals surface area contributed by atoms with Crippen LogP contribution in [0.25, 0.3) is 0 Å². The lowest BCUT2D eigenvalue weighted by Crippen LogP contribution is -2.08. The fourth-order valence-corrected chi connectivity index (χ4v) is 0.859. The largest absolute Gasteiger partial charge is 0.466 e. The maximum atomic E-state index is 11.0. The molecule has 0 bridgehead atoms. The Morgan fingerprint density at radius 1 is 1.20 bits per heavy atom. The summed E-state index contributed by atoms with van der Waals surface area (Å²) in [6.45, 7) is 2.34. The van der Waals surface area contributed by atoms with Crippen molar-refractivity contribution >= 4 is 11.9 Å². The lowest BCUT2D eigenvalue weighted by molar-refractivity contribution is -0.144. The standard InChI is InChI=1S/C11H16O4/c1-3-8-14-10(12)6-5-7-11(13)15-9-4-2/h1H,4-9H2,2H3. The van der Waals surface area contributed by atoms with Crippen LogP contribution in [-0.2, 0) is 19.1 Å². The minimum absolute atomic E-state index is 0.0148. The van der Waals surface area contributed by atoms with Crippen molar-refractivity contribution in [2.75, 3.05) is 13.2 Å². The molecule has 0 heterocycles. The van der Waals surface area contributed by atoms with Gasteiger partial charge in [0.1, 0.15) is 0 Å². The van der Waals surface area contributed by atoms with Crippen molar-refractivity contribution in [3.8, 4) is 12.3 Å². The summed E-state index contributed by atoms with van der Waals surface area (Å²) in [5.74, 6) is 1.54. The van der Waals surface area contributed by atoms with Crippen LogP contribution in [-0.4, -0.2) is 25.2 Å². The summed E-state index contributed by atoms with van der Waals surface area (Å²) in [5, 5.41) is 0. The van der Waals surface area contributed by atoms with Gasteiger partial charge in [0.25, 0.3) is 0 Å². The van der Waals surface area contributed by atoms with Gasteiger partial charge in [-0.3, -0.25) is 9.59 Å². The van der Waals surface area contributed by atoms with Crippen LogP contribution in [0.5, 0.6) is 0 Å². The molecule has 0 N–H and O–H groups in total. The molecule has 0 aliphatic carbocycles. The first-order valence-electron chi connectivity index (χ1n) is 4.95. The molecule has 0 radical (unpaired) electrons. The van der Waals surface area contributed by atoms with E-state index in [1.807, 2.05) is 6.92 Å². The first-order chi connectivity index (χ1) is 7.20. The highest BCUT2D eigenvalue weighted by Gasteiger charge is 2.06. The van der Waals surface area contributed by atoms with Gasteiger partial charge in [-0.15, -0.1) is 6.42 Å². The van der Waals surface area contributed by atoms with Crippen LogP contribution in [0.15, 0.2) is 0 Å². The second-order valence-electron chi connectivity index (χ2n) is 2.94. The zero-order valence-corrected chi connectivity index (χ0v) is 8.95. The molecule has 0 aromatic carbocycles. The van der Waals surface area contributed by atoms with Gasteiger partial charge in [0.15, 0.2) is 6.61 Å². The molecule has 0 aliphatic heterocycles. The van der Waals surface area contributed by atoms with Crippen molar-refractivity contribution in [2.24, 2.45) is 0 Å². The normalized spacial score (nSPS) is 9.07. The molecular weight excluding hydrogens is 196 g/mol. The summed E-state index contributed by atoms with van der Waals surface area (Å²) in [7, 11) is 0. The Balaban J connectivity index is 3.40. The molecule has 4 heteroatoms. The van der Waals surface area contributed by atoms with Gasteiger partial charge in [-0.25, -0.2) is 0 Å². The number of carbonyl (C=O) groups is 2. The van der Waals surface area contributed by atoms with E-state index < -0.39 is 0 Å². The van der Waals surface area contributed by atoms with E-state index in [1.54, 1.807) is 0 Å². The van der Waals surface area contributed by atoms with Crippen LogP contribution in [0, 0.1) is 12.3 Å². The predicted octanol–water partition coefficient (Wildman–Crippen LogP) is 1.29. The number of rotatable bonds is 7. The molecule has 0 aromatic heterocycles. The SMILES string of the molecule is C#CCOC(=O)CCCC(=O)OCCC. The van der Waals surface area contributed by atoms with Crippen LogP contribution >= 0.6 is 0 Å². The third-order valence-corrected chi connectivity index (χ3v) is 1.55. The Morgan fingerprint density at radius 2 is 1.80 bits per heavy atom. The number of hydrogen-bond acceptors (Lipinski definition) is 4. The minimum atomic E-state index is -0.378. The lowest BCUT2D eigenvalue weighted by Gasteiger charge is -2.02. The average Bonchev–Trinajstić information content (AvgIpc) is 2.23. The van der Waals surface area contributed by atoms with Crippen molar-refractivity contribution in [1.29, 1.82) is 0 Å². The fourth-order valence-electron chi connectivity index (χ4n) is 0.859. The van der Waals surface area contributed by atoms with E-state index >= 15 is 0 Å². The van der Waals surface area contributed by atoms with E-state index in [9.17, 15) is 9.59 Å². The van der Waals surface area contributed by atoms with Crippen LogP contribution in [0.4, 0.5) is 0 Å². The molecule has 0 amide bonds. The van der Waals surface area contributed by atoms with Gasteiger partial charge in [-0.2, -0.15) is 0 Å². The van der Waals surface area contributed by atoms with Gasteiger partial charge in [-0.05, 0) is 12.8 Å². The number of terminal acetylenes is 1. The van der Waals surface area contributed by atoms with Crippen LogP contribution in [0.3, 0.4) is 0 Å². The highest BCUT2D eigenvalue weighted by Crippen LogP contribution is 2.00. The highest BCUT2D eigenvalue weighted by atomic mass is 16.5. The quantitative estimate of drug-likeness (QED) is 0.471. The molecule has 0 unspecified atom stereocenters. The molecule has 0 saturated carbocycles. The van der Waals surface area contributed by atoms with Crippen molar-refractivity contribution in [3.05, 3.63) is 0 Å². The molecule has 0 spiro atoms. The molecule has 4 nitrogen and oxygen atoms in total. The zero-order chi connectivity index (χ0) is 11.5. The molecule has 0 fully saturated rings. The van der Waals surface area contributed by atoms with E-state index in [0.29, 0.717) is 13.0 Å². The molecule has 0 rings (SSSR count). The topological polar surface area (TPSA) is 52.6 Å². The van der Waals surface area contributed by atoms with Crippen LogP contribution in [0.1, 0.15) is 32.6 Å². The van der Waals surface area contributed by atoms with Crippen LogP contribution < -0.4 is 0 Å². The monoisotopic (exact) mass is 212 g/mol. The van der Waals surface area contributed by atoms with Gasteiger partial charge in [-0.1, -0.05) is 12.8 Å². The maximum Gasteiger partial charge on any atom is 0.306 e. The Bertz CT molecular complexity index is 239. The summed E-state index contributed by atoms with van der Waals surface area (Å²) in [5.41, 5.74) is 0. The number of ether oxygens (including phenoxy) is 2. The molecule has 0 aliphatic rings. The minimum Gasteiger partial charge on any atom is -0.466 e. The van der Waals surface area contributed by atoms with Gasteiger partial charge >= 0.3 is 11.9 Å². The van der Waals surface area contributed by atoms with Gasteiger partial charge in [0.05, 0.1) is 6.61 Å². The van der Waals surface area contributed by atoms with E-state index in [1.165, 1.54) is 0 Å². The second-order valence-corrected chi connectivity index (χ2v) is 2.94. The summed E-state index contributed by atoms with van der Waals surface area (Å²) < 4.78 is 9.46. The summed E-state index contributed by atoms with van der Waals surface area (Å²) in [4.78, 5) is 21.9. The number of hydrogen-bond donors (Lipinski definition) is 0. The fraction of sp³-hybridized carbons (Fsp3) is 0.636. The van der Waals surface area contributed by atoms with Crippen molar-refractivity contribution < 1.29 is 19.1 Å². The van der Waals surface area contributed by atoms with E-state index in [4.69, 9.17) is 11.2 Å². The predicted molar refractivity (Wildman–Crippen MR) is 54.9 cm³/mol. The Labute approximate surface area is 89.9 Å². The molecule has 0 aromatic rings. The molecule has 84 valence electrons. The summed E-state index contributed by atoms with van der Waals surface area (Å²) in [6.07, 6.45) is 6.58. The summed E-state index contributed by atoms with van der Waals surface area (Å²) in [6, 6.07) is 0. The Hall–Kier alpha value is -1.50. The van der Waals surface area contributed by atoms with Crippen molar-refractivity contribution in [1.82, 2.24) is 0 Å². The third kappa shape index (κ3) is 8.82. The highest BCUT2D eigenvalue weighted by molar-refractivity contribution is 5.72. The average molecular weight is 212 g/mol. The lowest BCUT2D eigenvalue weighted by atomic mass is 10.2. The first kappa shape index (κ1) is 13.5. The smallest absolute Gasteiger partial charge is 0.306 e. The van der Waals surface area contributed by atoms with Crippen LogP contribution in [0.2, 0.25) is 0 Å². The second kappa shape index (κ2) is 9.07. The molecule has 15 heavy (non-hydrogen) atoms. The van der Waals surface area contributed by atoms with Gasteiger partial charge in [0, 0.05) is 12.8 Å². The van der Waals surface area contributed by atoms with Crippen molar-refractivity contribution in [3.63, 3.8) is 0 Å². The molecule has 0 saturated heterocycles. The number of esters is 2. The Kier molecular flexibility index (Phi) is 8.16. The van der Waals surface area contributed by atoms with Crippen molar-refractivity contribution in [2.45, 2.75) is 32.6 Å². The van der Waals surface area contributed by atoms with E-state index in [-0.39, 0.29) is 31.4 Å². The van der Waals surface area contributed by atoms with Gasteiger partial charge in [0.2, 0.25) is 0 Å². The Morgan fingerprint density at radius 3 is 2.33 bits per heavy atom. The molecular formula is C11H16O4. The third-order valence-electron chi connectivity index (χ3n) is 1.55. The first-order valence-corrected chi connectivity index (χ1v) is 4.95. The van der Waals surface area contributed by atoms with E-state index in [2.05, 4.69) is 10.7 Å².